The second kappa shape index (κ2) is 6.90. The first-order valence-corrected chi connectivity index (χ1v) is 9.24. The standard InChI is InChI=1S/C19H22F2N4O2/c1-12-5-7-13(8-6-12)9-24-19(27)25-16(3-2-4-17(25)22-24)18(26)23-10-14(20)15(21)11-23/h5-8,14-16H,2-4,9-11H2,1H3/t14-,15+,16?. The maximum absolute atomic E-state index is 13.5. The van der Waals surface area contributed by atoms with Gasteiger partial charge in [-0.3, -0.25) is 9.36 Å². The number of fused-ring (bicyclic) bond motifs is 1. The fraction of sp³-hybridized carbons (Fsp3) is 0.526. The van der Waals surface area contributed by atoms with Gasteiger partial charge in [0, 0.05) is 6.42 Å². The van der Waals surface area contributed by atoms with Crippen molar-refractivity contribution >= 4 is 5.91 Å². The predicted molar refractivity (Wildman–Crippen MR) is 95.1 cm³/mol. The maximum Gasteiger partial charge on any atom is 0.346 e. The summed E-state index contributed by atoms with van der Waals surface area (Å²) in [6.45, 7) is 1.81. The van der Waals surface area contributed by atoms with Crippen molar-refractivity contribution in [3.05, 3.63) is 51.7 Å². The van der Waals surface area contributed by atoms with Crippen LogP contribution in [0.2, 0.25) is 0 Å². The van der Waals surface area contributed by atoms with Crippen LogP contribution in [0.25, 0.3) is 0 Å². The minimum Gasteiger partial charge on any atom is -0.335 e. The molecule has 2 aliphatic rings. The Morgan fingerprint density at radius 3 is 2.52 bits per heavy atom. The molecule has 2 aliphatic heterocycles. The normalized spacial score (nSPS) is 24.9. The summed E-state index contributed by atoms with van der Waals surface area (Å²) in [5.41, 5.74) is 1.72. The summed E-state index contributed by atoms with van der Waals surface area (Å²) in [5.74, 6) is 0.167. The van der Waals surface area contributed by atoms with Crippen LogP contribution in [-0.2, 0) is 17.8 Å². The Balaban J connectivity index is 1.61. The van der Waals surface area contributed by atoms with Gasteiger partial charge in [-0.25, -0.2) is 18.3 Å². The van der Waals surface area contributed by atoms with Crippen molar-refractivity contribution in [3.8, 4) is 0 Å². The molecule has 0 N–H and O–H groups in total. The summed E-state index contributed by atoms with van der Waals surface area (Å²) in [6, 6.07) is 7.09. The van der Waals surface area contributed by atoms with Crippen molar-refractivity contribution in [3.63, 3.8) is 0 Å². The number of rotatable bonds is 3. The van der Waals surface area contributed by atoms with Gasteiger partial charge in [0.2, 0.25) is 5.91 Å². The van der Waals surface area contributed by atoms with Gasteiger partial charge in [-0.15, -0.1) is 0 Å². The molecule has 3 heterocycles. The van der Waals surface area contributed by atoms with E-state index in [0.29, 0.717) is 31.6 Å². The fourth-order valence-corrected chi connectivity index (χ4v) is 3.85. The lowest BCUT2D eigenvalue weighted by Gasteiger charge is -2.26. The summed E-state index contributed by atoms with van der Waals surface area (Å²) in [5, 5.41) is 4.41. The zero-order chi connectivity index (χ0) is 19.1. The summed E-state index contributed by atoms with van der Waals surface area (Å²) in [7, 11) is 0. The third-order valence-corrected chi connectivity index (χ3v) is 5.36. The smallest absolute Gasteiger partial charge is 0.335 e. The minimum atomic E-state index is -1.65. The van der Waals surface area contributed by atoms with Gasteiger partial charge in [-0.1, -0.05) is 29.8 Å². The molecule has 0 spiro atoms. The Hall–Kier alpha value is -2.51. The molecule has 8 heteroatoms. The molecule has 1 fully saturated rings. The quantitative estimate of drug-likeness (QED) is 0.821. The first-order valence-electron chi connectivity index (χ1n) is 9.24. The van der Waals surface area contributed by atoms with Crippen LogP contribution in [0.15, 0.2) is 29.1 Å². The molecule has 27 heavy (non-hydrogen) atoms. The van der Waals surface area contributed by atoms with E-state index in [1.807, 2.05) is 31.2 Å². The first kappa shape index (κ1) is 17.9. The Bertz CT molecular complexity index is 895. The molecule has 1 amide bonds. The van der Waals surface area contributed by atoms with Gasteiger partial charge < -0.3 is 4.90 Å². The second-order valence-electron chi connectivity index (χ2n) is 7.40. The number of aryl methyl sites for hydroxylation is 2. The highest BCUT2D eigenvalue weighted by Crippen LogP contribution is 2.27. The molecule has 3 atom stereocenters. The first-order chi connectivity index (χ1) is 12.9. The average Bonchev–Trinajstić information content (AvgIpc) is 3.16. The highest BCUT2D eigenvalue weighted by Gasteiger charge is 2.40. The van der Waals surface area contributed by atoms with E-state index < -0.39 is 24.3 Å². The van der Waals surface area contributed by atoms with Crippen LogP contribution in [-0.4, -0.2) is 50.6 Å². The number of amides is 1. The second-order valence-corrected chi connectivity index (χ2v) is 7.40. The fourth-order valence-electron chi connectivity index (χ4n) is 3.85. The molecule has 0 bridgehead atoms. The summed E-state index contributed by atoms with van der Waals surface area (Å²) >= 11 is 0. The molecule has 1 saturated heterocycles. The van der Waals surface area contributed by atoms with Crippen molar-refractivity contribution in [1.82, 2.24) is 19.2 Å². The van der Waals surface area contributed by atoms with E-state index >= 15 is 0 Å². The molecule has 144 valence electrons. The van der Waals surface area contributed by atoms with E-state index in [-0.39, 0.29) is 18.8 Å². The van der Waals surface area contributed by atoms with Crippen LogP contribution in [0, 0.1) is 6.92 Å². The van der Waals surface area contributed by atoms with Gasteiger partial charge in [0.25, 0.3) is 0 Å². The average molecular weight is 376 g/mol. The van der Waals surface area contributed by atoms with Gasteiger partial charge in [0.15, 0.2) is 12.3 Å². The van der Waals surface area contributed by atoms with Crippen molar-refractivity contribution < 1.29 is 13.6 Å². The number of halogens is 2. The largest absolute Gasteiger partial charge is 0.346 e. The third kappa shape index (κ3) is 3.28. The van der Waals surface area contributed by atoms with Crippen molar-refractivity contribution in [2.45, 2.75) is 51.1 Å². The molecule has 1 unspecified atom stereocenters. The highest BCUT2D eigenvalue weighted by molar-refractivity contribution is 5.81. The topological polar surface area (TPSA) is 60.1 Å². The van der Waals surface area contributed by atoms with E-state index in [9.17, 15) is 18.4 Å². The van der Waals surface area contributed by atoms with Crippen LogP contribution in [0.4, 0.5) is 8.78 Å². The van der Waals surface area contributed by atoms with Crippen LogP contribution < -0.4 is 5.69 Å². The van der Waals surface area contributed by atoms with Crippen LogP contribution in [0.1, 0.15) is 35.8 Å². The van der Waals surface area contributed by atoms with Gasteiger partial charge in [0.05, 0.1) is 19.6 Å². The van der Waals surface area contributed by atoms with Crippen LogP contribution in [0.3, 0.4) is 0 Å². The molecule has 2 aromatic rings. The van der Waals surface area contributed by atoms with Gasteiger partial charge in [0.1, 0.15) is 11.9 Å². The third-order valence-electron chi connectivity index (χ3n) is 5.36. The zero-order valence-corrected chi connectivity index (χ0v) is 15.1. The monoisotopic (exact) mass is 376 g/mol. The van der Waals surface area contributed by atoms with Gasteiger partial charge in [-0.05, 0) is 25.3 Å². The number of nitrogens with zero attached hydrogens (tertiary/aromatic N) is 4. The SMILES string of the molecule is Cc1ccc(Cn2nc3n(c2=O)C(C(=O)N2C[C@@H](F)[C@@H](F)C2)CCC3)cc1. The van der Waals surface area contributed by atoms with Crippen LogP contribution in [0.5, 0.6) is 0 Å². The van der Waals surface area contributed by atoms with E-state index in [1.165, 1.54) is 14.1 Å². The number of alkyl halides is 2. The molecule has 4 rings (SSSR count). The summed E-state index contributed by atoms with van der Waals surface area (Å²) < 4.78 is 29.8. The Morgan fingerprint density at radius 2 is 1.85 bits per heavy atom. The molecular formula is C19H22F2N4O2. The van der Waals surface area contributed by atoms with E-state index in [4.69, 9.17) is 0 Å². The number of hydrogen-bond donors (Lipinski definition) is 0. The Kier molecular flexibility index (Phi) is 4.57. The zero-order valence-electron chi connectivity index (χ0n) is 15.1. The maximum atomic E-state index is 13.5. The molecule has 0 saturated carbocycles. The van der Waals surface area contributed by atoms with Crippen molar-refractivity contribution in [1.29, 1.82) is 0 Å². The minimum absolute atomic E-state index is 0.252. The summed E-state index contributed by atoms with van der Waals surface area (Å²) in [4.78, 5) is 26.9. The van der Waals surface area contributed by atoms with E-state index in [2.05, 4.69) is 5.10 Å². The van der Waals surface area contributed by atoms with Crippen LogP contribution >= 0.6 is 0 Å². The lowest BCUT2D eigenvalue weighted by atomic mass is 10.0. The van der Waals surface area contributed by atoms with Crippen molar-refractivity contribution in [2.24, 2.45) is 0 Å². The number of carbonyl (C=O) groups excluding carboxylic acids is 1. The molecule has 0 radical (unpaired) electrons. The molecule has 0 aliphatic carbocycles. The number of aromatic nitrogens is 3. The number of carbonyl (C=O) groups is 1. The molecule has 6 nitrogen and oxygen atoms in total. The molecule has 1 aromatic carbocycles. The highest BCUT2D eigenvalue weighted by atomic mass is 19.2. The number of hydrogen-bond acceptors (Lipinski definition) is 3. The van der Waals surface area contributed by atoms with Crippen molar-refractivity contribution in [2.75, 3.05) is 13.1 Å². The van der Waals surface area contributed by atoms with Gasteiger partial charge in [-0.2, -0.15) is 5.10 Å². The van der Waals surface area contributed by atoms with Gasteiger partial charge >= 0.3 is 5.69 Å². The lowest BCUT2D eigenvalue weighted by Crippen LogP contribution is -2.42. The summed E-state index contributed by atoms with van der Waals surface area (Å²) in [6.07, 6.45) is -1.51. The lowest BCUT2D eigenvalue weighted by molar-refractivity contribution is -0.134. The van der Waals surface area contributed by atoms with E-state index in [0.717, 1.165) is 11.1 Å². The Labute approximate surface area is 155 Å². The number of benzene rings is 1. The Morgan fingerprint density at radius 1 is 1.19 bits per heavy atom. The number of likely N-dealkylation sites (tertiary alicyclic amines) is 1. The molecular weight excluding hydrogens is 354 g/mol. The van der Waals surface area contributed by atoms with E-state index in [1.54, 1.807) is 0 Å². The molecule has 1 aromatic heterocycles. The predicted octanol–water partition coefficient (Wildman–Crippen LogP) is 1.80.